The molecule has 3 heteroatoms. The van der Waals surface area contributed by atoms with E-state index < -0.39 is 0 Å². The summed E-state index contributed by atoms with van der Waals surface area (Å²) in [6.07, 6.45) is 3.34. The summed E-state index contributed by atoms with van der Waals surface area (Å²) in [7, 11) is 3.98. The number of aromatic nitrogens is 2. The molecule has 3 atom stereocenters. The molecule has 1 aromatic rings. The van der Waals surface area contributed by atoms with Gasteiger partial charge >= 0.3 is 0 Å². The van der Waals surface area contributed by atoms with E-state index in [1.54, 1.807) is 0 Å². The fourth-order valence-electron chi connectivity index (χ4n) is 2.00. The van der Waals surface area contributed by atoms with Crippen LogP contribution in [0.25, 0.3) is 0 Å². The molecule has 1 aromatic heterocycles. The van der Waals surface area contributed by atoms with Gasteiger partial charge in [-0.3, -0.25) is 4.68 Å². The maximum absolute atomic E-state index is 4.43. The molecule has 0 aliphatic heterocycles. The number of hydrogen-bond donors (Lipinski definition) is 1. The summed E-state index contributed by atoms with van der Waals surface area (Å²) in [4.78, 5) is 0. The second kappa shape index (κ2) is 3.14. The molecule has 2 rings (SSSR count). The molecule has 1 aliphatic carbocycles. The van der Waals surface area contributed by atoms with E-state index in [2.05, 4.69) is 23.4 Å². The summed E-state index contributed by atoms with van der Waals surface area (Å²) in [5, 5.41) is 7.78. The van der Waals surface area contributed by atoms with Crippen LogP contribution in [0.3, 0.4) is 0 Å². The molecule has 1 heterocycles. The molecule has 13 heavy (non-hydrogen) atoms. The molecular weight excluding hydrogens is 162 g/mol. The van der Waals surface area contributed by atoms with Crippen LogP contribution in [0.15, 0.2) is 12.3 Å². The highest BCUT2D eigenvalue weighted by molar-refractivity contribution is 5.10. The minimum Gasteiger partial charge on any atom is -0.311 e. The Morgan fingerprint density at radius 2 is 2.38 bits per heavy atom. The Balaban J connectivity index is 2.13. The Bertz CT molecular complexity index is 292. The quantitative estimate of drug-likeness (QED) is 0.758. The lowest BCUT2D eigenvalue weighted by Crippen LogP contribution is -2.19. The number of hydrogen-bond acceptors (Lipinski definition) is 2. The molecule has 0 spiro atoms. The van der Waals surface area contributed by atoms with Crippen molar-refractivity contribution in [3.63, 3.8) is 0 Å². The molecule has 0 radical (unpaired) electrons. The number of rotatable bonds is 3. The molecular formula is C10H17N3. The first kappa shape index (κ1) is 8.75. The third kappa shape index (κ3) is 1.61. The monoisotopic (exact) mass is 179 g/mol. The number of nitrogens with one attached hydrogen (secondary N) is 1. The number of nitrogens with zero attached hydrogens (tertiary/aromatic N) is 2. The largest absolute Gasteiger partial charge is 0.311 e. The molecule has 72 valence electrons. The van der Waals surface area contributed by atoms with Crippen LogP contribution in [0.4, 0.5) is 0 Å². The van der Waals surface area contributed by atoms with Crippen LogP contribution in [-0.2, 0) is 7.05 Å². The van der Waals surface area contributed by atoms with Crippen LogP contribution >= 0.6 is 0 Å². The van der Waals surface area contributed by atoms with Gasteiger partial charge in [0.05, 0.1) is 11.7 Å². The van der Waals surface area contributed by atoms with Gasteiger partial charge in [-0.1, -0.05) is 6.92 Å². The molecule has 0 amide bonds. The minimum atomic E-state index is 0.455. The second-order valence-corrected chi connectivity index (χ2v) is 4.06. The van der Waals surface area contributed by atoms with Crippen molar-refractivity contribution in [3.05, 3.63) is 18.0 Å². The van der Waals surface area contributed by atoms with Crippen LogP contribution in [0.5, 0.6) is 0 Å². The summed E-state index contributed by atoms with van der Waals surface area (Å²) in [6.45, 7) is 2.30. The lowest BCUT2D eigenvalue weighted by atomic mass is 10.1. The third-order valence-electron chi connectivity index (χ3n) is 2.96. The summed E-state index contributed by atoms with van der Waals surface area (Å²) in [6, 6.07) is 2.56. The van der Waals surface area contributed by atoms with Gasteiger partial charge in [0.2, 0.25) is 0 Å². The molecule has 1 aliphatic rings. The van der Waals surface area contributed by atoms with Crippen molar-refractivity contribution < 1.29 is 0 Å². The van der Waals surface area contributed by atoms with E-state index in [1.807, 2.05) is 25.0 Å². The van der Waals surface area contributed by atoms with Gasteiger partial charge in [0, 0.05) is 13.2 Å². The van der Waals surface area contributed by atoms with Crippen molar-refractivity contribution in [2.75, 3.05) is 7.05 Å². The first-order chi connectivity index (χ1) is 6.22. The van der Waals surface area contributed by atoms with Crippen LogP contribution in [0, 0.1) is 11.8 Å². The van der Waals surface area contributed by atoms with Crippen molar-refractivity contribution in [3.8, 4) is 0 Å². The van der Waals surface area contributed by atoms with Gasteiger partial charge in [0.1, 0.15) is 0 Å². The lowest BCUT2D eigenvalue weighted by Gasteiger charge is -2.12. The van der Waals surface area contributed by atoms with Gasteiger partial charge in [-0.2, -0.15) is 5.10 Å². The van der Waals surface area contributed by atoms with E-state index in [1.165, 1.54) is 12.1 Å². The SMILES string of the molecule is CNC(c1ccn(C)n1)C1CC1C. The molecule has 0 bridgehead atoms. The van der Waals surface area contributed by atoms with E-state index in [0.717, 1.165) is 11.8 Å². The zero-order valence-electron chi connectivity index (χ0n) is 8.49. The molecule has 1 fully saturated rings. The van der Waals surface area contributed by atoms with Gasteiger partial charge < -0.3 is 5.32 Å². The predicted molar refractivity (Wildman–Crippen MR) is 52.3 cm³/mol. The van der Waals surface area contributed by atoms with E-state index in [4.69, 9.17) is 0 Å². The van der Waals surface area contributed by atoms with Crippen LogP contribution in [0.1, 0.15) is 25.1 Å². The first-order valence-corrected chi connectivity index (χ1v) is 4.89. The highest BCUT2D eigenvalue weighted by Crippen LogP contribution is 2.46. The molecule has 1 N–H and O–H groups in total. The average molecular weight is 179 g/mol. The van der Waals surface area contributed by atoms with Gasteiger partial charge in [-0.25, -0.2) is 0 Å². The minimum absolute atomic E-state index is 0.455. The fraction of sp³-hybridized carbons (Fsp3) is 0.700. The van der Waals surface area contributed by atoms with Crippen LogP contribution < -0.4 is 5.32 Å². The Kier molecular flexibility index (Phi) is 2.12. The molecule has 0 saturated heterocycles. The van der Waals surface area contributed by atoms with E-state index in [9.17, 15) is 0 Å². The zero-order chi connectivity index (χ0) is 9.42. The van der Waals surface area contributed by atoms with Crippen LogP contribution in [0.2, 0.25) is 0 Å². The molecule has 1 saturated carbocycles. The van der Waals surface area contributed by atoms with Crippen molar-refractivity contribution in [1.82, 2.24) is 15.1 Å². The highest BCUT2D eigenvalue weighted by Gasteiger charge is 2.40. The maximum Gasteiger partial charge on any atom is 0.0796 e. The van der Waals surface area contributed by atoms with Gasteiger partial charge in [-0.05, 0) is 31.4 Å². The third-order valence-corrected chi connectivity index (χ3v) is 2.96. The average Bonchev–Trinajstić information content (AvgIpc) is 2.62. The molecule has 3 unspecified atom stereocenters. The molecule has 3 nitrogen and oxygen atoms in total. The van der Waals surface area contributed by atoms with Crippen molar-refractivity contribution in [2.24, 2.45) is 18.9 Å². The zero-order valence-corrected chi connectivity index (χ0v) is 8.49. The summed E-state index contributed by atoms with van der Waals surface area (Å²) in [5.41, 5.74) is 1.18. The van der Waals surface area contributed by atoms with Crippen molar-refractivity contribution in [2.45, 2.75) is 19.4 Å². The highest BCUT2D eigenvalue weighted by atomic mass is 15.3. The summed E-state index contributed by atoms with van der Waals surface area (Å²) in [5.74, 6) is 1.65. The standard InChI is InChI=1S/C10H17N3/c1-7-6-8(7)10(11-2)9-4-5-13(3)12-9/h4-5,7-8,10-11H,6H2,1-3H3. The first-order valence-electron chi connectivity index (χ1n) is 4.89. The van der Waals surface area contributed by atoms with Crippen molar-refractivity contribution >= 4 is 0 Å². The Labute approximate surface area is 79.1 Å². The summed E-state index contributed by atoms with van der Waals surface area (Å²) < 4.78 is 1.87. The Morgan fingerprint density at radius 3 is 2.77 bits per heavy atom. The van der Waals surface area contributed by atoms with E-state index in [0.29, 0.717) is 6.04 Å². The lowest BCUT2D eigenvalue weighted by molar-refractivity contribution is 0.486. The van der Waals surface area contributed by atoms with Gasteiger partial charge in [-0.15, -0.1) is 0 Å². The Hall–Kier alpha value is -0.830. The summed E-state index contributed by atoms with van der Waals surface area (Å²) >= 11 is 0. The van der Waals surface area contributed by atoms with Gasteiger partial charge in [0.15, 0.2) is 0 Å². The normalized spacial score (nSPS) is 28.8. The van der Waals surface area contributed by atoms with Crippen LogP contribution in [-0.4, -0.2) is 16.8 Å². The maximum atomic E-state index is 4.43. The Morgan fingerprint density at radius 1 is 1.69 bits per heavy atom. The predicted octanol–water partition coefficient (Wildman–Crippen LogP) is 1.34. The molecule has 0 aromatic carbocycles. The van der Waals surface area contributed by atoms with Gasteiger partial charge in [0.25, 0.3) is 0 Å². The van der Waals surface area contributed by atoms with Crippen molar-refractivity contribution in [1.29, 1.82) is 0 Å². The topological polar surface area (TPSA) is 29.9 Å². The smallest absolute Gasteiger partial charge is 0.0796 e. The number of aryl methyl sites for hydroxylation is 1. The second-order valence-electron chi connectivity index (χ2n) is 4.06. The van der Waals surface area contributed by atoms with E-state index >= 15 is 0 Å². The fourth-order valence-corrected chi connectivity index (χ4v) is 2.00. The van der Waals surface area contributed by atoms with E-state index in [-0.39, 0.29) is 0 Å².